The minimum atomic E-state index is 0.259. The van der Waals surface area contributed by atoms with Gasteiger partial charge in [-0.05, 0) is 45.2 Å². The molecule has 2 heteroatoms. The molecule has 0 radical (unpaired) electrons. The van der Waals surface area contributed by atoms with Crippen molar-refractivity contribution >= 4 is 0 Å². The van der Waals surface area contributed by atoms with E-state index in [1.165, 1.54) is 51.6 Å². The molecule has 0 aromatic carbocycles. The van der Waals surface area contributed by atoms with E-state index in [9.17, 15) is 0 Å². The molecule has 0 aromatic heterocycles. The second kappa shape index (κ2) is 6.61. The highest BCUT2D eigenvalue weighted by Gasteiger charge is 2.31. The molecule has 1 saturated heterocycles. The van der Waals surface area contributed by atoms with Crippen molar-refractivity contribution in [2.45, 2.75) is 64.8 Å². The third-order valence-electron chi connectivity index (χ3n) is 4.31. The molecule has 1 fully saturated rings. The highest BCUT2D eigenvalue weighted by Crippen LogP contribution is 2.27. The zero-order valence-electron chi connectivity index (χ0n) is 11.5. The molecule has 0 bridgehead atoms. The molecule has 1 heterocycles. The van der Waals surface area contributed by atoms with Gasteiger partial charge in [0.05, 0.1) is 0 Å². The summed E-state index contributed by atoms with van der Waals surface area (Å²) in [5.41, 5.74) is 6.27. The Balaban J connectivity index is 2.44. The largest absolute Gasteiger partial charge is 0.329 e. The van der Waals surface area contributed by atoms with E-state index in [0.29, 0.717) is 0 Å². The van der Waals surface area contributed by atoms with Gasteiger partial charge in [0.1, 0.15) is 0 Å². The summed E-state index contributed by atoms with van der Waals surface area (Å²) < 4.78 is 0. The third kappa shape index (κ3) is 3.74. The molecule has 1 aliphatic rings. The molecule has 2 nitrogen and oxygen atoms in total. The van der Waals surface area contributed by atoms with Crippen LogP contribution in [0.1, 0.15) is 59.3 Å². The molecule has 0 aromatic rings. The third-order valence-corrected chi connectivity index (χ3v) is 4.31. The molecule has 1 aliphatic heterocycles. The number of hydrogen-bond acceptors (Lipinski definition) is 2. The van der Waals surface area contributed by atoms with Crippen LogP contribution in [0.15, 0.2) is 0 Å². The van der Waals surface area contributed by atoms with Gasteiger partial charge in [0, 0.05) is 12.1 Å². The van der Waals surface area contributed by atoms with Crippen LogP contribution in [0.4, 0.5) is 0 Å². The Bertz CT molecular complexity index is 185. The minimum absolute atomic E-state index is 0.259. The van der Waals surface area contributed by atoms with Crippen molar-refractivity contribution in [3.63, 3.8) is 0 Å². The van der Waals surface area contributed by atoms with E-state index >= 15 is 0 Å². The van der Waals surface area contributed by atoms with Crippen molar-refractivity contribution in [2.24, 2.45) is 11.7 Å². The van der Waals surface area contributed by atoms with E-state index in [2.05, 4.69) is 25.7 Å². The highest BCUT2D eigenvalue weighted by molar-refractivity contribution is 4.89. The number of piperidine rings is 1. The molecule has 2 N–H and O–H groups in total. The second-order valence-electron chi connectivity index (χ2n) is 5.83. The van der Waals surface area contributed by atoms with Crippen LogP contribution < -0.4 is 5.73 Å². The van der Waals surface area contributed by atoms with Crippen LogP contribution in [0.25, 0.3) is 0 Å². The molecule has 1 rings (SSSR count). The standard InChI is InChI=1S/C14H30N2/c1-4-5-6-9-14(3,12-15)16-10-7-13(2)8-11-16/h13H,4-12,15H2,1-3H3. The normalized spacial score (nSPS) is 23.2. The van der Waals surface area contributed by atoms with Gasteiger partial charge in [0.2, 0.25) is 0 Å². The van der Waals surface area contributed by atoms with Gasteiger partial charge in [-0.3, -0.25) is 4.90 Å². The average molecular weight is 226 g/mol. The minimum Gasteiger partial charge on any atom is -0.329 e. The molecule has 0 amide bonds. The van der Waals surface area contributed by atoms with Crippen LogP contribution in [0.3, 0.4) is 0 Å². The lowest BCUT2D eigenvalue weighted by atomic mass is 9.88. The van der Waals surface area contributed by atoms with Crippen LogP contribution in [0.2, 0.25) is 0 Å². The van der Waals surface area contributed by atoms with Crippen molar-refractivity contribution in [1.29, 1.82) is 0 Å². The number of hydrogen-bond donors (Lipinski definition) is 1. The van der Waals surface area contributed by atoms with Crippen molar-refractivity contribution in [3.8, 4) is 0 Å². The van der Waals surface area contributed by atoms with Gasteiger partial charge in [-0.1, -0.05) is 33.1 Å². The van der Waals surface area contributed by atoms with Gasteiger partial charge in [-0.25, -0.2) is 0 Å². The summed E-state index contributed by atoms with van der Waals surface area (Å²) in [6, 6.07) is 0. The summed E-state index contributed by atoms with van der Waals surface area (Å²) in [7, 11) is 0. The Labute approximate surface area is 102 Å². The molecule has 0 saturated carbocycles. The second-order valence-corrected chi connectivity index (χ2v) is 5.83. The van der Waals surface area contributed by atoms with E-state index in [1.807, 2.05) is 0 Å². The topological polar surface area (TPSA) is 29.3 Å². The molecule has 0 spiro atoms. The van der Waals surface area contributed by atoms with Gasteiger partial charge in [-0.15, -0.1) is 0 Å². The van der Waals surface area contributed by atoms with E-state index in [-0.39, 0.29) is 5.54 Å². The van der Waals surface area contributed by atoms with Gasteiger partial charge in [-0.2, -0.15) is 0 Å². The first-order valence-corrected chi connectivity index (χ1v) is 7.07. The molecule has 96 valence electrons. The molecule has 16 heavy (non-hydrogen) atoms. The zero-order valence-corrected chi connectivity index (χ0v) is 11.5. The summed E-state index contributed by atoms with van der Waals surface area (Å²) in [6.07, 6.45) is 7.95. The first-order chi connectivity index (χ1) is 7.62. The van der Waals surface area contributed by atoms with Crippen LogP contribution in [-0.4, -0.2) is 30.1 Å². The van der Waals surface area contributed by atoms with E-state index in [4.69, 9.17) is 5.73 Å². The maximum Gasteiger partial charge on any atom is 0.0303 e. The first kappa shape index (κ1) is 14.0. The Morgan fingerprint density at radius 2 is 1.88 bits per heavy atom. The predicted molar refractivity (Wildman–Crippen MR) is 71.6 cm³/mol. The Hall–Kier alpha value is -0.0800. The van der Waals surface area contributed by atoms with E-state index in [0.717, 1.165) is 12.5 Å². The maximum atomic E-state index is 6.01. The SMILES string of the molecule is CCCCCC(C)(CN)N1CCC(C)CC1. The Kier molecular flexibility index (Phi) is 5.77. The lowest BCUT2D eigenvalue weighted by Crippen LogP contribution is -2.54. The fraction of sp³-hybridized carbons (Fsp3) is 1.00. The van der Waals surface area contributed by atoms with E-state index < -0.39 is 0 Å². The molecule has 1 unspecified atom stereocenters. The summed E-state index contributed by atoms with van der Waals surface area (Å²) in [4.78, 5) is 2.64. The molecule has 0 aliphatic carbocycles. The van der Waals surface area contributed by atoms with Gasteiger partial charge < -0.3 is 5.73 Å². The maximum absolute atomic E-state index is 6.01. The number of nitrogens with two attached hydrogens (primary N) is 1. The van der Waals surface area contributed by atoms with Crippen molar-refractivity contribution < 1.29 is 0 Å². The monoisotopic (exact) mass is 226 g/mol. The fourth-order valence-corrected chi connectivity index (χ4v) is 2.69. The molecular weight excluding hydrogens is 196 g/mol. The van der Waals surface area contributed by atoms with E-state index in [1.54, 1.807) is 0 Å². The Morgan fingerprint density at radius 1 is 1.25 bits per heavy atom. The quantitative estimate of drug-likeness (QED) is 0.705. The molecule has 1 atom stereocenters. The van der Waals surface area contributed by atoms with Crippen molar-refractivity contribution in [3.05, 3.63) is 0 Å². The lowest BCUT2D eigenvalue weighted by molar-refractivity contribution is 0.0623. The molecular formula is C14H30N2. The van der Waals surface area contributed by atoms with Crippen molar-refractivity contribution in [2.75, 3.05) is 19.6 Å². The lowest BCUT2D eigenvalue weighted by Gasteiger charge is -2.44. The Morgan fingerprint density at radius 3 is 2.38 bits per heavy atom. The smallest absolute Gasteiger partial charge is 0.0303 e. The van der Waals surface area contributed by atoms with Crippen LogP contribution >= 0.6 is 0 Å². The van der Waals surface area contributed by atoms with Crippen LogP contribution in [0.5, 0.6) is 0 Å². The average Bonchev–Trinajstić information content (AvgIpc) is 2.30. The van der Waals surface area contributed by atoms with Crippen LogP contribution in [0, 0.1) is 5.92 Å². The van der Waals surface area contributed by atoms with Crippen molar-refractivity contribution in [1.82, 2.24) is 4.90 Å². The number of unbranched alkanes of at least 4 members (excludes halogenated alkanes) is 2. The van der Waals surface area contributed by atoms with Gasteiger partial charge >= 0.3 is 0 Å². The number of nitrogens with zero attached hydrogens (tertiary/aromatic N) is 1. The zero-order chi connectivity index (χ0) is 12.0. The number of rotatable bonds is 6. The van der Waals surface area contributed by atoms with Gasteiger partial charge in [0.25, 0.3) is 0 Å². The van der Waals surface area contributed by atoms with Crippen LogP contribution in [-0.2, 0) is 0 Å². The number of likely N-dealkylation sites (tertiary alicyclic amines) is 1. The fourth-order valence-electron chi connectivity index (χ4n) is 2.69. The predicted octanol–water partition coefficient (Wildman–Crippen LogP) is 3.02. The summed E-state index contributed by atoms with van der Waals surface area (Å²) in [5.74, 6) is 0.911. The van der Waals surface area contributed by atoms with Gasteiger partial charge in [0.15, 0.2) is 0 Å². The highest BCUT2D eigenvalue weighted by atomic mass is 15.2. The first-order valence-electron chi connectivity index (χ1n) is 7.07. The summed E-state index contributed by atoms with van der Waals surface area (Å²) in [6.45, 7) is 10.3. The summed E-state index contributed by atoms with van der Waals surface area (Å²) >= 11 is 0. The summed E-state index contributed by atoms with van der Waals surface area (Å²) in [5, 5.41) is 0.